The van der Waals surface area contributed by atoms with Gasteiger partial charge in [0.2, 0.25) is 0 Å². The molecule has 1 saturated carbocycles. The summed E-state index contributed by atoms with van der Waals surface area (Å²) in [5.74, 6) is 3.86. The van der Waals surface area contributed by atoms with Crippen LogP contribution in [0.5, 0.6) is 23.0 Å². The van der Waals surface area contributed by atoms with E-state index in [0.29, 0.717) is 12.0 Å². The summed E-state index contributed by atoms with van der Waals surface area (Å²) in [6.07, 6.45) is 6.68. The van der Waals surface area contributed by atoms with Crippen LogP contribution < -0.4 is 14.8 Å². The molecular formula is C29H36Cl2N2O2. The zero-order chi connectivity index (χ0) is 22.3. The summed E-state index contributed by atoms with van der Waals surface area (Å²) in [6, 6.07) is 27.0. The van der Waals surface area contributed by atoms with Crippen LogP contribution in [0.25, 0.3) is 0 Å². The molecule has 1 saturated heterocycles. The summed E-state index contributed by atoms with van der Waals surface area (Å²) in [6.45, 7) is 4.31. The second kappa shape index (κ2) is 13.7. The molecule has 1 aliphatic heterocycles. The lowest BCUT2D eigenvalue weighted by Crippen LogP contribution is -2.47. The fraction of sp³-hybridized carbons (Fsp3) is 0.379. The molecule has 0 spiro atoms. The summed E-state index contributed by atoms with van der Waals surface area (Å²) in [7, 11) is 0. The molecule has 1 aliphatic carbocycles. The van der Waals surface area contributed by atoms with E-state index in [1.807, 2.05) is 60.7 Å². The standard InChI is InChI=1S/C29H34N2O2.2ClH/c1-4-10-23(11-5-1)29(31-20-18-30-19-21-31)24-16-17-27(32-25-12-6-2-7-13-25)28(22-24)33-26-14-8-3-9-15-26;;/h2-3,6-9,12-17,22-23,29-30H,1,4-5,10-11,18-21H2;2*1H/t29-;;/m0../s1. The molecule has 2 aliphatic rings. The zero-order valence-corrected chi connectivity index (χ0v) is 21.7. The monoisotopic (exact) mass is 514 g/mol. The van der Waals surface area contributed by atoms with Gasteiger partial charge in [0.1, 0.15) is 11.5 Å². The normalized spacial score (nSPS) is 17.5. The van der Waals surface area contributed by atoms with Gasteiger partial charge in [-0.1, -0.05) is 61.7 Å². The number of para-hydroxylation sites is 2. The van der Waals surface area contributed by atoms with Crippen molar-refractivity contribution in [3.63, 3.8) is 0 Å². The van der Waals surface area contributed by atoms with Gasteiger partial charge in [0.25, 0.3) is 0 Å². The van der Waals surface area contributed by atoms with Crippen LogP contribution in [0.3, 0.4) is 0 Å². The Morgan fingerprint density at radius 1 is 0.686 bits per heavy atom. The number of rotatable bonds is 7. The van der Waals surface area contributed by atoms with Crippen molar-refractivity contribution in [3.8, 4) is 23.0 Å². The third-order valence-corrected chi connectivity index (χ3v) is 6.89. The second-order valence-corrected chi connectivity index (χ2v) is 9.17. The highest BCUT2D eigenvalue weighted by Crippen LogP contribution is 2.43. The minimum Gasteiger partial charge on any atom is -0.453 e. The molecule has 2 fully saturated rings. The van der Waals surface area contributed by atoms with Gasteiger partial charge in [0.15, 0.2) is 11.5 Å². The predicted molar refractivity (Wildman–Crippen MR) is 148 cm³/mol. The Morgan fingerprint density at radius 3 is 1.86 bits per heavy atom. The van der Waals surface area contributed by atoms with E-state index in [0.717, 1.165) is 49.2 Å². The molecule has 0 amide bonds. The van der Waals surface area contributed by atoms with Crippen molar-refractivity contribution in [2.45, 2.75) is 38.1 Å². The van der Waals surface area contributed by atoms with Crippen LogP contribution in [0.1, 0.15) is 43.7 Å². The molecule has 1 N–H and O–H groups in total. The SMILES string of the molecule is Cl.Cl.c1ccc(Oc2ccc([C@H](C3CCCCC3)N3CCNCC3)cc2Oc2ccccc2)cc1. The van der Waals surface area contributed by atoms with Gasteiger partial charge in [-0.25, -0.2) is 0 Å². The third-order valence-electron chi connectivity index (χ3n) is 6.89. The van der Waals surface area contributed by atoms with E-state index in [4.69, 9.17) is 9.47 Å². The van der Waals surface area contributed by atoms with Gasteiger partial charge in [-0.05, 0) is 60.7 Å². The lowest BCUT2D eigenvalue weighted by atomic mass is 9.80. The van der Waals surface area contributed by atoms with Gasteiger partial charge in [-0.2, -0.15) is 0 Å². The van der Waals surface area contributed by atoms with Crippen LogP contribution in [0.15, 0.2) is 78.9 Å². The number of halogens is 2. The molecular weight excluding hydrogens is 479 g/mol. The molecule has 188 valence electrons. The van der Waals surface area contributed by atoms with Gasteiger partial charge in [0, 0.05) is 32.2 Å². The zero-order valence-electron chi connectivity index (χ0n) is 20.1. The summed E-state index contributed by atoms with van der Waals surface area (Å²) < 4.78 is 12.7. The first-order valence-electron chi connectivity index (χ1n) is 12.4. The number of hydrogen-bond donors (Lipinski definition) is 1. The van der Waals surface area contributed by atoms with E-state index in [-0.39, 0.29) is 24.8 Å². The van der Waals surface area contributed by atoms with Gasteiger partial charge >= 0.3 is 0 Å². The molecule has 4 nitrogen and oxygen atoms in total. The largest absolute Gasteiger partial charge is 0.453 e. The molecule has 0 bridgehead atoms. The highest BCUT2D eigenvalue weighted by Gasteiger charge is 2.31. The Hall–Kier alpha value is -2.24. The lowest BCUT2D eigenvalue weighted by molar-refractivity contribution is 0.103. The highest BCUT2D eigenvalue weighted by molar-refractivity contribution is 5.85. The number of hydrogen-bond acceptors (Lipinski definition) is 4. The Labute approximate surface area is 221 Å². The maximum absolute atomic E-state index is 6.39. The molecule has 1 heterocycles. The maximum atomic E-state index is 6.39. The van der Waals surface area contributed by atoms with Gasteiger partial charge < -0.3 is 14.8 Å². The van der Waals surface area contributed by atoms with Crippen molar-refractivity contribution in [2.75, 3.05) is 26.2 Å². The van der Waals surface area contributed by atoms with Crippen molar-refractivity contribution >= 4 is 24.8 Å². The number of benzene rings is 3. The first kappa shape index (κ1) is 27.3. The van der Waals surface area contributed by atoms with Crippen LogP contribution in [0.2, 0.25) is 0 Å². The summed E-state index contributed by atoms with van der Waals surface area (Å²) in [5, 5.41) is 3.52. The highest BCUT2D eigenvalue weighted by atomic mass is 35.5. The molecule has 3 aromatic rings. The molecule has 1 atom stereocenters. The molecule has 35 heavy (non-hydrogen) atoms. The predicted octanol–water partition coefficient (Wildman–Crippen LogP) is 7.64. The summed E-state index contributed by atoms with van der Waals surface area (Å²) >= 11 is 0. The Kier molecular flexibility index (Phi) is 10.7. The minimum atomic E-state index is 0. The number of nitrogens with zero attached hydrogens (tertiary/aromatic N) is 1. The molecule has 0 aromatic heterocycles. The van der Waals surface area contributed by atoms with E-state index in [1.54, 1.807) is 0 Å². The van der Waals surface area contributed by atoms with Gasteiger partial charge in [0.05, 0.1) is 0 Å². The first-order valence-corrected chi connectivity index (χ1v) is 12.4. The van der Waals surface area contributed by atoms with Crippen molar-refractivity contribution in [1.29, 1.82) is 0 Å². The maximum Gasteiger partial charge on any atom is 0.170 e. The van der Waals surface area contributed by atoms with Crippen molar-refractivity contribution in [2.24, 2.45) is 5.92 Å². The Bertz CT molecular complexity index is 990. The lowest BCUT2D eigenvalue weighted by Gasteiger charge is -2.41. The molecule has 0 radical (unpaired) electrons. The summed E-state index contributed by atoms with van der Waals surface area (Å²) in [4.78, 5) is 2.69. The average molecular weight is 516 g/mol. The first-order chi connectivity index (χ1) is 16.4. The molecule has 0 unspecified atom stereocenters. The number of nitrogens with one attached hydrogen (secondary N) is 1. The van der Waals surface area contributed by atoms with Crippen LogP contribution in [-0.2, 0) is 0 Å². The van der Waals surface area contributed by atoms with Gasteiger partial charge in [-0.3, -0.25) is 4.90 Å². The van der Waals surface area contributed by atoms with Crippen LogP contribution in [0.4, 0.5) is 0 Å². The second-order valence-electron chi connectivity index (χ2n) is 9.17. The van der Waals surface area contributed by atoms with Crippen LogP contribution in [0, 0.1) is 5.92 Å². The van der Waals surface area contributed by atoms with Crippen molar-refractivity contribution < 1.29 is 9.47 Å². The number of ether oxygens (including phenoxy) is 2. The molecule has 5 rings (SSSR count). The van der Waals surface area contributed by atoms with E-state index >= 15 is 0 Å². The minimum absolute atomic E-state index is 0. The van der Waals surface area contributed by atoms with Crippen LogP contribution >= 0.6 is 24.8 Å². The van der Waals surface area contributed by atoms with Gasteiger partial charge in [-0.15, -0.1) is 24.8 Å². The quantitative estimate of drug-likeness (QED) is 0.351. The fourth-order valence-corrected chi connectivity index (χ4v) is 5.30. The van der Waals surface area contributed by atoms with Crippen LogP contribution in [-0.4, -0.2) is 31.1 Å². The van der Waals surface area contributed by atoms with E-state index in [1.165, 1.54) is 37.7 Å². The van der Waals surface area contributed by atoms with E-state index in [2.05, 4.69) is 28.4 Å². The Morgan fingerprint density at radius 2 is 1.26 bits per heavy atom. The topological polar surface area (TPSA) is 33.7 Å². The fourth-order valence-electron chi connectivity index (χ4n) is 5.30. The van der Waals surface area contributed by atoms with Crippen molar-refractivity contribution in [1.82, 2.24) is 10.2 Å². The number of piperazine rings is 1. The van der Waals surface area contributed by atoms with E-state index in [9.17, 15) is 0 Å². The van der Waals surface area contributed by atoms with E-state index < -0.39 is 0 Å². The third kappa shape index (κ3) is 7.14. The molecule has 3 aromatic carbocycles. The Balaban J connectivity index is 0.00000171. The summed E-state index contributed by atoms with van der Waals surface area (Å²) in [5.41, 5.74) is 1.34. The average Bonchev–Trinajstić information content (AvgIpc) is 2.88. The smallest absolute Gasteiger partial charge is 0.170 e. The molecule has 6 heteroatoms. The van der Waals surface area contributed by atoms with Crippen molar-refractivity contribution in [3.05, 3.63) is 84.4 Å².